The van der Waals surface area contributed by atoms with Gasteiger partial charge in [-0.2, -0.15) is 5.10 Å². The summed E-state index contributed by atoms with van der Waals surface area (Å²) in [6, 6.07) is 11.8. The summed E-state index contributed by atoms with van der Waals surface area (Å²) >= 11 is 0. The van der Waals surface area contributed by atoms with Crippen molar-refractivity contribution in [1.29, 1.82) is 0 Å². The molecule has 160 valence electrons. The van der Waals surface area contributed by atoms with E-state index in [1.807, 2.05) is 37.3 Å². The minimum atomic E-state index is -0.152. The second-order valence-electron chi connectivity index (χ2n) is 6.82. The molecule has 8 heteroatoms. The van der Waals surface area contributed by atoms with Crippen LogP contribution in [-0.2, 0) is 20.8 Å². The van der Waals surface area contributed by atoms with Crippen molar-refractivity contribution in [2.24, 2.45) is 0 Å². The van der Waals surface area contributed by atoms with Crippen LogP contribution in [0, 0.1) is 0 Å². The summed E-state index contributed by atoms with van der Waals surface area (Å²) in [7, 11) is 0. The van der Waals surface area contributed by atoms with Crippen LogP contribution in [0.2, 0.25) is 0 Å². The molecule has 0 aliphatic carbocycles. The molecule has 2 heterocycles. The lowest BCUT2D eigenvalue weighted by Crippen LogP contribution is -2.21. The van der Waals surface area contributed by atoms with Gasteiger partial charge in [-0.3, -0.25) is 4.79 Å². The van der Waals surface area contributed by atoms with E-state index >= 15 is 0 Å². The largest absolute Gasteiger partial charge is 0.475 e. The minimum Gasteiger partial charge on any atom is -0.475 e. The Morgan fingerprint density at radius 3 is 2.67 bits per heavy atom. The molecule has 3 aromatic rings. The fourth-order valence-electron chi connectivity index (χ4n) is 2.69. The van der Waals surface area contributed by atoms with Crippen molar-refractivity contribution >= 4 is 16.8 Å². The van der Waals surface area contributed by atoms with Gasteiger partial charge in [-0.25, -0.2) is 9.67 Å². The van der Waals surface area contributed by atoms with E-state index in [2.05, 4.69) is 10.1 Å². The number of carbonyl (C=O) groups excluding carboxylic acids is 1. The monoisotopic (exact) mass is 413 g/mol. The van der Waals surface area contributed by atoms with E-state index in [4.69, 9.17) is 18.9 Å². The number of hydrogen-bond acceptors (Lipinski definition) is 7. The highest BCUT2D eigenvalue weighted by molar-refractivity contribution is 5.84. The van der Waals surface area contributed by atoms with Crippen molar-refractivity contribution in [3.05, 3.63) is 54.4 Å². The summed E-state index contributed by atoms with van der Waals surface area (Å²) in [6.07, 6.45) is 3.14. The van der Waals surface area contributed by atoms with Crippen LogP contribution in [-0.4, -0.2) is 59.8 Å². The van der Waals surface area contributed by atoms with Gasteiger partial charge in [0.1, 0.15) is 12.1 Å². The molecule has 0 bridgehead atoms. The van der Waals surface area contributed by atoms with E-state index in [-0.39, 0.29) is 12.0 Å². The van der Waals surface area contributed by atoms with Crippen LogP contribution < -0.4 is 4.74 Å². The third kappa shape index (κ3) is 6.91. The van der Waals surface area contributed by atoms with Crippen LogP contribution in [0.4, 0.5) is 0 Å². The highest BCUT2D eigenvalue weighted by Gasteiger charge is 2.08. The zero-order chi connectivity index (χ0) is 21.2. The summed E-state index contributed by atoms with van der Waals surface area (Å²) < 4.78 is 23.7. The van der Waals surface area contributed by atoms with E-state index < -0.39 is 0 Å². The fourth-order valence-corrected chi connectivity index (χ4v) is 2.69. The quantitative estimate of drug-likeness (QED) is 0.422. The summed E-state index contributed by atoms with van der Waals surface area (Å²) in [5.41, 5.74) is 1.79. The number of aromatic nitrogens is 3. The maximum atomic E-state index is 11.4. The molecule has 0 aliphatic heterocycles. The van der Waals surface area contributed by atoms with E-state index in [1.165, 1.54) is 11.6 Å². The molecule has 0 saturated carbocycles. The molecule has 0 amide bonds. The molecule has 0 unspecified atom stereocenters. The second-order valence-corrected chi connectivity index (χ2v) is 6.82. The second kappa shape index (κ2) is 11.4. The van der Waals surface area contributed by atoms with Gasteiger partial charge in [0, 0.05) is 24.6 Å². The molecule has 3 rings (SSSR count). The Bertz CT molecular complexity index is 929. The average molecular weight is 413 g/mol. The topological polar surface area (TPSA) is 84.7 Å². The van der Waals surface area contributed by atoms with Crippen LogP contribution in [0.3, 0.4) is 0 Å². The van der Waals surface area contributed by atoms with Gasteiger partial charge in [-0.1, -0.05) is 30.3 Å². The van der Waals surface area contributed by atoms with Gasteiger partial charge in [0.25, 0.3) is 0 Å². The number of hydrogen-bond donors (Lipinski definition) is 0. The van der Waals surface area contributed by atoms with Crippen molar-refractivity contribution < 1.29 is 23.7 Å². The van der Waals surface area contributed by atoms with Gasteiger partial charge in [0.15, 0.2) is 0 Å². The summed E-state index contributed by atoms with van der Waals surface area (Å²) in [6.45, 7) is 6.37. The molecule has 0 saturated heterocycles. The molecule has 2 aromatic heterocycles. The number of rotatable bonds is 12. The third-order valence-electron chi connectivity index (χ3n) is 4.27. The van der Waals surface area contributed by atoms with Gasteiger partial charge < -0.3 is 18.9 Å². The lowest BCUT2D eigenvalue weighted by Gasteiger charge is -2.14. The van der Waals surface area contributed by atoms with Crippen molar-refractivity contribution in [3.63, 3.8) is 0 Å². The van der Waals surface area contributed by atoms with E-state index in [9.17, 15) is 4.79 Å². The van der Waals surface area contributed by atoms with Gasteiger partial charge in [0.2, 0.25) is 11.8 Å². The van der Waals surface area contributed by atoms with Crippen LogP contribution >= 0.6 is 0 Å². The third-order valence-corrected chi connectivity index (χ3v) is 4.27. The van der Waals surface area contributed by atoms with Gasteiger partial charge >= 0.3 is 0 Å². The molecule has 1 aromatic carbocycles. The molecule has 8 nitrogen and oxygen atoms in total. The van der Waals surface area contributed by atoms with Crippen molar-refractivity contribution in [3.8, 4) is 5.88 Å². The Hall–Kier alpha value is -2.81. The normalized spacial score (nSPS) is 12.2. The van der Waals surface area contributed by atoms with Crippen LogP contribution in [0.25, 0.3) is 10.9 Å². The van der Waals surface area contributed by atoms with Gasteiger partial charge in [-0.15, -0.1) is 0 Å². The Balaban J connectivity index is 1.25. The number of pyridine rings is 1. The minimum absolute atomic E-state index is 0.111. The molecule has 0 N–H and O–H groups in total. The molecular formula is C22H27N3O5. The molecule has 0 spiro atoms. The first-order chi connectivity index (χ1) is 14.6. The lowest BCUT2D eigenvalue weighted by atomic mass is 10.2. The van der Waals surface area contributed by atoms with Gasteiger partial charge in [0.05, 0.1) is 45.3 Å². The Morgan fingerprint density at radius 1 is 1.10 bits per heavy atom. The van der Waals surface area contributed by atoms with Crippen molar-refractivity contribution in [2.45, 2.75) is 26.6 Å². The van der Waals surface area contributed by atoms with E-state index in [1.54, 1.807) is 18.5 Å². The molecule has 0 radical (unpaired) electrons. The molecular weight excluding hydrogens is 386 g/mol. The summed E-state index contributed by atoms with van der Waals surface area (Å²) in [5, 5.41) is 4.94. The maximum Gasteiger partial charge on any atom is 0.243 e. The molecule has 1 atom stereocenters. The number of nitrogens with zero attached hydrogens (tertiary/aromatic N) is 3. The highest BCUT2D eigenvalue weighted by Crippen LogP contribution is 2.17. The first-order valence-electron chi connectivity index (χ1n) is 9.92. The number of benzene rings is 1. The standard InChI is InChI=1S/C22H27N3O5/c1-17(29-11-10-27-8-9-28-16-19-6-4-3-5-7-19)15-30-22-12-20-14-25(18(2)26)24-21(20)13-23-22/h3-7,12-14,17H,8-11,15-16H2,1-2H3/t17-/m0/s1. The summed E-state index contributed by atoms with van der Waals surface area (Å²) in [5.74, 6) is 0.313. The fraction of sp³-hybridized carbons (Fsp3) is 0.409. The smallest absolute Gasteiger partial charge is 0.243 e. The molecule has 0 aliphatic rings. The zero-order valence-corrected chi connectivity index (χ0v) is 17.3. The predicted octanol–water partition coefficient (Wildman–Crippen LogP) is 3.11. The van der Waals surface area contributed by atoms with Gasteiger partial charge in [-0.05, 0) is 12.5 Å². The first-order valence-corrected chi connectivity index (χ1v) is 9.92. The van der Waals surface area contributed by atoms with Crippen LogP contribution in [0.5, 0.6) is 5.88 Å². The van der Waals surface area contributed by atoms with E-state index in [0.29, 0.717) is 51.0 Å². The van der Waals surface area contributed by atoms with Crippen LogP contribution in [0.15, 0.2) is 48.8 Å². The highest BCUT2D eigenvalue weighted by atomic mass is 16.6. The molecule has 0 fully saturated rings. The SMILES string of the molecule is CC(=O)n1cc2cc(OC[C@H](C)OCCOCCOCc3ccccc3)ncc2n1. The predicted molar refractivity (Wildman–Crippen MR) is 112 cm³/mol. The van der Waals surface area contributed by atoms with Crippen LogP contribution in [0.1, 0.15) is 24.2 Å². The lowest BCUT2D eigenvalue weighted by molar-refractivity contribution is -0.0203. The maximum absolute atomic E-state index is 11.4. The van der Waals surface area contributed by atoms with Crippen molar-refractivity contribution in [2.75, 3.05) is 33.0 Å². The Morgan fingerprint density at radius 2 is 1.87 bits per heavy atom. The number of carbonyl (C=O) groups is 1. The molecule has 30 heavy (non-hydrogen) atoms. The zero-order valence-electron chi connectivity index (χ0n) is 17.3. The number of fused-ring (bicyclic) bond motifs is 1. The Kier molecular flexibility index (Phi) is 8.31. The van der Waals surface area contributed by atoms with Crippen molar-refractivity contribution in [1.82, 2.24) is 14.8 Å². The van der Waals surface area contributed by atoms with E-state index in [0.717, 1.165) is 10.9 Å². The number of ether oxygens (including phenoxy) is 4. The first kappa shape index (κ1) is 21.9. The Labute approximate surface area is 175 Å². The average Bonchev–Trinajstić information content (AvgIpc) is 3.19. The summed E-state index contributed by atoms with van der Waals surface area (Å²) in [4.78, 5) is 15.6.